The van der Waals surface area contributed by atoms with Crippen LogP contribution in [0.2, 0.25) is 0 Å². The molecule has 17 nitrogen and oxygen atoms in total. The van der Waals surface area contributed by atoms with E-state index in [0.29, 0.717) is 44.9 Å². The normalized spacial score (nSPS) is 14.8. The summed E-state index contributed by atoms with van der Waals surface area (Å²) in [5.74, 6) is -2.48. The SMILES string of the molecule is CC/C=C\C/C=C\C/C=C\C/C=C\C/C=C\C/C=C\CCC(=O)O[C@H](COC(=O)CC/C=C\C/C=C\C/C=C\C/C=C\C/C=C\CCCCC)COP(=O)(O)OC[C@@H](O)COP(=O)(O)OC[C@@H](COC(=O)CCCCCCCCCCCCCCCCC)OC(=O)CC/C=C\C/C=C\C/C=C\C/C=C\C/C=C\C/C=C\CC. The van der Waals surface area contributed by atoms with Crippen LogP contribution >= 0.6 is 15.6 Å². The Kier molecular flexibility index (Phi) is 77.9. The zero-order valence-electron chi connectivity index (χ0n) is 69.3. The Hall–Kier alpha value is -6.36. The molecule has 19 heteroatoms. The molecule has 0 aliphatic rings. The molecule has 3 N–H and O–H groups in total. The summed E-state index contributed by atoms with van der Waals surface area (Å²) in [6.07, 6.45) is 104. The lowest BCUT2D eigenvalue weighted by Crippen LogP contribution is -2.30. The first-order valence-electron chi connectivity index (χ1n) is 42.3. The minimum Gasteiger partial charge on any atom is -0.462 e. The Bertz CT molecular complexity index is 2940. The van der Waals surface area contributed by atoms with Crippen LogP contribution in [0, 0.1) is 0 Å². The van der Waals surface area contributed by atoms with Crippen molar-refractivity contribution >= 4 is 39.5 Å². The van der Waals surface area contributed by atoms with E-state index in [1.54, 1.807) is 0 Å². The summed E-state index contributed by atoms with van der Waals surface area (Å²) >= 11 is 0. The largest absolute Gasteiger partial charge is 0.472 e. The van der Waals surface area contributed by atoms with Crippen molar-refractivity contribution in [2.24, 2.45) is 0 Å². The highest BCUT2D eigenvalue weighted by Gasteiger charge is 2.30. The van der Waals surface area contributed by atoms with Crippen molar-refractivity contribution in [3.63, 3.8) is 0 Å². The molecular formula is C93H148O17P2. The molecule has 0 saturated carbocycles. The second kappa shape index (κ2) is 82.6. The molecule has 0 aliphatic carbocycles. The molecule has 0 saturated heterocycles. The van der Waals surface area contributed by atoms with Gasteiger partial charge in [-0.3, -0.25) is 37.3 Å². The van der Waals surface area contributed by atoms with Crippen molar-refractivity contribution in [3.8, 4) is 0 Å². The molecular weight excluding hydrogens is 1450 g/mol. The Labute approximate surface area is 678 Å². The first kappa shape index (κ1) is 106. The maximum Gasteiger partial charge on any atom is 0.472 e. The summed E-state index contributed by atoms with van der Waals surface area (Å²) in [5.41, 5.74) is 0. The van der Waals surface area contributed by atoms with E-state index in [9.17, 15) is 43.2 Å². The Balaban J connectivity index is 5.60. The Morgan fingerprint density at radius 2 is 0.482 bits per heavy atom. The van der Waals surface area contributed by atoms with Gasteiger partial charge in [-0.1, -0.05) is 337 Å². The van der Waals surface area contributed by atoms with Gasteiger partial charge in [-0.15, -0.1) is 0 Å². The third kappa shape index (κ3) is 81.6. The van der Waals surface area contributed by atoms with Gasteiger partial charge < -0.3 is 33.8 Å². The number of unbranched alkanes of at least 4 members (excludes halogenated alkanes) is 17. The summed E-state index contributed by atoms with van der Waals surface area (Å²) in [6, 6.07) is 0. The average Bonchev–Trinajstić information content (AvgIpc) is 0.907. The van der Waals surface area contributed by atoms with E-state index in [4.69, 9.17) is 37.0 Å². The lowest BCUT2D eigenvalue weighted by atomic mass is 10.0. The Morgan fingerprint density at radius 3 is 0.768 bits per heavy atom. The number of hydrogen-bond donors (Lipinski definition) is 3. The topological polar surface area (TPSA) is 237 Å². The van der Waals surface area contributed by atoms with Crippen molar-refractivity contribution < 1.29 is 80.2 Å². The fourth-order valence-corrected chi connectivity index (χ4v) is 12.0. The van der Waals surface area contributed by atoms with Gasteiger partial charge in [0, 0.05) is 25.7 Å². The van der Waals surface area contributed by atoms with E-state index in [-0.39, 0.29) is 25.7 Å². The maximum absolute atomic E-state index is 13.1. The summed E-state index contributed by atoms with van der Waals surface area (Å²) in [5, 5.41) is 10.7. The second-order valence-electron chi connectivity index (χ2n) is 27.3. The molecule has 0 rings (SSSR count). The van der Waals surface area contributed by atoms with Crippen LogP contribution in [0.3, 0.4) is 0 Å². The second-order valence-corrected chi connectivity index (χ2v) is 30.2. The molecule has 5 atom stereocenters. The van der Waals surface area contributed by atoms with E-state index in [1.165, 1.54) is 83.5 Å². The predicted octanol–water partition coefficient (Wildman–Crippen LogP) is 25.4. The van der Waals surface area contributed by atoms with E-state index in [0.717, 1.165) is 116 Å². The van der Waals surface area contributed by atoms with Crippen molar-refractivity contribution in [1.82, 2.24) is 0 Å². The lowest BCUT2D eigenvalue weighted by molar-refractivity contribution is -0.161. The standard InChI is InChI=1S/C93H148O17P2/c1-5-9-13-17-21-25-29-33-37-40-43-46-50-54-58-62-66-70-74-78-91(96)104-84-89(110-93(98)80-76-72-68-64-60-56-52-48-45-42-39-35-31-27-23-19-15-11-7-3)86-108-112(101,102)106-82-87(94)81-105-111(99,100)107-85-88(83-103-90(95)77-73-69-65-61-57-53-49-36-32-28-24-20-16-12-8-4)109-92(97)79-75-71-67-63-59-55-51-47-44-41-38-34-30-26-22-18-14-10-6-2/h10-11,14-15,21-23,25-27,33-35,37-39,43-48,54-56,58-60,66-68,70-72,87-89,94H,5-9,12-13,16-20,24,28-32,36,40-42,49-53,57,61-65,69,73-86H2,1-4H3,(H,99,100)(H,101,102)/b14-10-,15-11-,25-21-,26-22-,27-23-,37-33-,38-34-,39-35-,46-43-,47-44-,48-45-,58-54-,59-55-,60-56-,70-66-,71-67-,72-68-/t87-,88+,89+/m0/s1. The number of aliphatic hydroxyl groups excluding tert-OH is 1. The minimum atomic E-state index is -5.03. The monoisotopic (exact) mass is 1600 g/mol. The number of hydrogen-bond acceptors (Lipinski definition) is 15. The molecule has 0 aromatic heterocycles. The highest BCUT2D eigenvalue weighted by atomic mass is 31.2. The van der Waals surface area contributed by atoms with Crippen LogP contribution in [0.15, 0.2) is 207 Å². The molecule has 2 unspecified atom stereocenters. The Morgan fingerprint density at radius 1 is 0.259 bits per heavy atom. The quantitative estimate of drug-likeness (QED) is 0.0169. The van der Waals surface area contributed by atoms with Crippen molar-refractivity contribution in [3.05, 3.63) is 207 Å². The molecule has 0 aromatic carbocycles. The third-order valence-corrected chi connectivity index (χ3v) is 18.7. The van der Waals surface area contributed by atoms with Crippen LogP contribution < -0.4 is 0 Å². The fraction of sp³-hybridized carbons (Fsp3) is 0.591. The third-order valence-electron chi connectivity index (χ3n) is 16.8. The number of esters is 4. The van der Waals surface area contributed by atoms with Gasteiger partial charge in [0.2, 0.25) is 0 Å². The van der Waals surface area contributed by atoms with Crippen LogP contribution in [0.5, 0.6) is 0 Å². The highest BCUT2D eigenvalue weighted by molar-refractivity contribution is 7.47. The molecule has 632 valence electrons. The number of carbonyl (C=O) groups is 4. The predicted molar refractivity (Wildman–Crippen MR) is 463 cm³/mol. The molecule has 0 amide bonds. The number of phosphoric ester groups is 2. The summed E-state index contributed by atoms with van der Waals surface area (Å²) in [6.45, 7) is 4.36. The first-order chi connectivity index (χ1) is 54.7. The number of rotatable bonds is 77. The number of aliphatic hydroxyl groups is 1. The maximum atomic E-state index is 13.1. The summed E-state index contributed by atoms with van der Waals surface area (Å²) in [4.78, 5) is 73.1. The minimum absolute atomic E-state index is 0.0120. The zero-order chi connectivity index (χ0) is 81.7. The van der Waals surface area contributed by atoms with E-state index < -0.39 is 97.5 Å². The van der Waals surface area contributed by atoms with Crippen LogP contribution in [0.25, 0.3) is 0 Å². The highest BCUT2D eigenvalue weighted by Crippen LogP contribution is 2.45. The molecule has 112 heavy (non-hydrogen) atoms. The summed E-state index contributed by atoms with van der Waals surface area (Å²) in [7, 11) is -10.1. The molecule has 0 spiro atoms. The van der Waals surface area contributed by atoms with E-state index >= 15 is 0 Å². The number of ether oxygens (including phenoxy) is 4. The van der Waals surface area contributed by atoms with Gasteiger partial charge in [-0.05, 0) is 141 Å². The van der Waals surface area contributed by atoms with Crippen molar-refractivity contribution in [2.75, 3.05) is 39.6 Å². The van der Waals surface area contributed by atoms with Gasteiger partial charge in [0.1, 0.15) is 19.3 Å². The molecule has 0 radical (unpaired) electrons. The van der Waals surface area contributed by atoms with Crippen LogP contribution in [0.4, 0.5) is 0 Å². The van der Waals surface area contributed by atoms with Gasteiger partial charge in [-0.2, -0.15) is 0 Å². The van der Waals surface area contributed by atoms with Gasteiger partial charge in [0.25, 0.3) is 0 Å². The molecule has 0 bridgehead atoms. The summed E-state index contributed by atoms with van der Waals surface area (Å²) < 4.78 is 68.5. The number of phosphoric acid groups is 2. The van der Waals surface area contributed by atoms with Crippen LogP contribution in [-0.2, 0) is 65.4 Å². The van der Waals surface area contributed by atoms with Crippen LogP contribution in [-0.4, -0.2) is 96.7 Å². The van der Waals surface area contributed by atoms with Crippen molar-refractivity contribution in [1.29, 1.82) is 0 Å². The van der Waals surface area contributed by atoms with E-state index in [2.05, 4.69) is 180 Å². The molecule has 0 aliphatic heterocycles. The van der Waals surface area contributed by atoms with Gasteiger partial charge in [-0.25, -0.2) is 9.13 Å². The van der Waals surface area contributed by atoms with Crippen LogP contribution in [0.1, 0.15) is 297 Å². The van der Waals surface area contributed by atoms with E-state index in [1.807, 2.05) is 54.7 Å². The van der Waals surface area contributed by atoms with Crippen molar-refractivity contribution in [2.45, 2.75) is 316 Å². The van der Waals surface area contributed by atoms with Gasteiger partial charge in [0.05, 0.1) is 26.4 Å². The zero-order valence-corrected chi connectivity index (χ0v) is 71.0. The average molecular weight is 1600 g/mol. The number of allylic oxidation sites excluding steroid dienone is 34. The molecule has 0 aromatic rings. The smallest absolute Gasteiger partial charge is 0.462 e. The first-order valence-corrected chi connectivity index (χ1v) is 45.3. The number of carbonyl (C=O) groups excluding carboxylic acids is 4. The fourth-order valence-electron chi connectivity index (χ4n) is 10.4. The van der Waals surface area contributed by atoms with Gasteiger partial charge in [0.15, 0.2) is 12.2 Å². The van der Waals surface area contributed by atoms with Gasteiger partial charge >= 0.3 is 39.5 Å². The molecule has 0 heterocycles. The molecule has 0 fully saturated rings. The lowest BCUT2D eigenvalue weighted by Gasteiger charge is -2.21.